The van der Waals surface area contributed by atoms with Crippen molar-refractivity contribution in [3.63, 3.8) is 0 Å². The molecule has 0 aliphatic rings. The summed E-state index contributed by atoms with van der Waals surface area (Å²) in [4.78, 5) is 0. The zero-order chi connectivity index (χ0) is 17.3. The Bertz CT molecular complexity index is 670. The minimum absolute atomic E-state index is 0.209. The number of nitrogen functional groups attached to an aromatic ring is 1. The van der Waals surface area contributed by atoms with E-state index in [1.54, 1.807) is 0 Å². The molecule has 2 rings (SSSR count). The molecule has 0 fully saturated rings. The summed E-state index contributed by atoms with van der Waals surface area (Å²) in [5.41, 5.74) is -0.0962. The lowest BCUT2D eigenvalue weighted by Crippen LogP contribution is -2.44. The van der Waals surface area contributed by atoms with Gasteiger partial charge in [0.25, 0.3) is 12.1 Å². The maximum absolute atomic E-state index is 14.0. The van der Waals surface area contributed by atoms with Crippen LogP contribution in [-0.4, -0.2) is 12.6 Å². The van der Waals surface area contributed by atoms with Crippen LogP contribution in [0.1, 0.15) is 5.56 Å². The number of hydrogen-bond acceptors (Lipinski definition) is 2. The van der Waals surface area contributed by atoms with Gasteiger partial charge in [-0.05, 0) is 36.4 Å². The first kappa shape index (κ1) is 17.0. The Kier molecular flexibility index (Phi) is 4.44. The van der Waals surface area contributed by atoms with Crippen molar-refractivity contribution in [2.75, 3.05) is 5.73 Å². The highest BCUT2D eigenvalue weighted by Crippen LogP contribution is 2.47. The summed E-state index contributed by atoms with van der Waals surface area (Å²) in [5, 5.41) is 0. The molecule has 0 saturated heterocycles. The number of ether oxygens (including phenoxy) is 1. The van der Waals surface area contributed by atoms with Crippen molar-refractivity contribution in [3.8, 4) is 11.5 Å². The van der Waals surface area contributed by atoms with Crippen LogP contribution in [-0.2, 0) is 5.67 Å². The van der Waals surface area contributed by atoms with E-state index in [2.05, 4.69) is 0 Å². The zero-order valence-corrected chi connectivity index (χ0v) is 11.4. The molecular formula is C15H11F6NO. The molecule has 2 aromatic carbocycles. The maximum atomic E-state index is 14.0. The Balaban J connectivity index is 2.37. The van der Waals surface area contributed by atoms with E-state index < -0.39 is 23.8 Å². The maximum Gasteiger partial charge on any atom is 0.432 e. The molecule has 0 aliphatic heterocycles. The van der Waals surface area contributed by atoms with E-state index in [0.717, 1.165) is 6.07 Å². The summed E-state index contributed by atoms with van der Waals surface area (Å²) in [6.45, 7) is 0. The molecule has 1 atom stereocenters. The van der Waals surface area contributed by atoms with Crippen molar-refractivity contribution >= 4 is 5.69 Å². The van der Waals surface area contributed by atoms with Gasteiger partial charge in [0.05, 0.1) is 0 Å². The lowest BCUT2D eigenvalue weighted by molar-refractivity contribution is -0.274. The summed E-state index contributed by atoms with van der Waals surface area (Å²) >= 11 is 0. The number of hydrogen-bond donors (Lipinski definition) is 1. The Hall–Kier alpha value is -2.38. The molecule has 0 radical (unpaired) electrons. The molecule has 2 N–H and O–H groups in total. The first-order valence-electron chi connectivity index (χ1n) is 6.32. The second-order valence-electron chi connectivity index (χ2n) is 4.71. The monoisotopic (exact) mass is 335 g/mol. The smallest absolute Gasteiger partial charge is 0.432 e. The molecule has 2 aromatic rings. The van der Waals surface area contributed by atoms with Crippen LogP contribution < -0.4 is 10.5 Å². The lowest BCUT2D eigenvalue weighted by Gasteiger charge is -2.27. The van der Waals surface area contributed by atoms with Gasteiger partial charge >= 0.3 is 6.18 Å². The number of rotatable bonds is 4. The fraction of sp³-hybridized carbons (Fsp3) is 0.200. The Labute approximate surface area is 127 Å². The molecule has 1 unspecified atom stereocenters. The van der Waals surface area contributed by atoms with Gasteiger partial charge in [-0.3, -0.25) is 0 Å². The van der Waals surface area contributed by atoms with Crippen LogP contribution in [0.15, 0.2) is 48.5 Å². The standard InChI is InChI=1S/C15H11F6NO/c16-13(17)14(18,15(19,20)21)9-2-1-3-12(8-9)23-11-6-4-10(22)5-7-11/h1-8,13H,22H2. The van der Waals surface area contributed by atoms with Crippen LogP contribution in [0.3, 0.4) is 0 Å². The van der Waals surface area contributed by atoms with Crippen molar-refractivity contribution < 1.29 is 31.1 Å². The minimum Gasteiger partial charge on any atom is -0.457 e. The highest BCUT2D eigenvalue weighted by Gasteiger charge is 2.64. The van der Waals surface area contributed by atoms with Gasteiger partial charge in [-0.2, -0.15) is 13.2 Å². The van der Waals surface area contributed by atoms with Crippen molar-refractivity contribution in [3.05, 3.63) is 54.1 Å². The molecule has 0 spiro atoms. The summed E-state index contributed by atoms with van der Waals surface area (Å²) in [5.74, 6) is 0.00376. The third-order valence-electron chi connectivity index (χ3n) is 3.08. The Morgan fingerprint density at radius 3 is 2.00 bits per heavy atom. The summed E-state index contributed by atoms with van der Waals surface area (Å²) in [7, 11) is 0. The van der Waals surface area contributed by atoms with Crippen LogP contribution in [0.4, 0.5) is 32.0 Å². The average Bonchev–Trinajstić information content (AvgIpc) is 2.47. The van der Waals surface area contributed by atoms with Crippen LogP contribution >= 0.6 is 0 Å². The van der Waals surface area contributed by atoms with Crippen molar-refractivity contribution in [1.82, 2.24) is 0 Å². The van der Waals surface area contributed by atoms with E-state index in [9.17, 15) is 26.3 Å². The van der Waals surface area contributed by atoms with Gasteiger partial charge in [-0.1, -0.05) is 12.1 Å². The van der Waals surface area contributed by atoms with Gasteiger partial charge in [0.1, 0.15) is 11.5 Å². The minimum atomic E-state index is -5.76. The fourth-order valence-corrected chi connectivity index (χ4v) is 1.87. The van der Waals surface area contributed by atoms with E-state index >= 15 is 0 Å². The van der Waals surface area contributed by atoms with Gasteiger partial charge in [0.2, 0.25) is 0 Å². The molecule has 23 heavy (non-hydrogen) atoms. The van der Waals surface area contributed by atoms with Crippen LogP contribution in [0.25, 0.3) is 0 Å². The molecule has 0 heterocycles. The molecule has 0 amide bonds. The largest absolute Gasteiger partial charge is 0.457 e. The number of benzene rings is 2. The van der Waals surface area contributed by atoms with E-state index in [4.69, 9.17) is 10.5 Å². The second-order valence-corrected chi connectivity index (χ2v) is 4.71. The predicted octanol–water partition coefficient (Wildman–Crippen LogP) is 5.05. The topological polar surface area (TPSA) is 35.2 Å². The van der Waals surface area contributed by atoms with Gasteiger partial charge in [0, 0.05) is 11.3 Å². The van der Waals surface area contributed by atoms with Crippen molar-refractivity contribution in [2.45, 2.75) is 18.3 Å². The third-order valence-corrected chi connectivity index (χ3v) is 3.08. The molecular weight excluding hydrogens is 324 g/mol. The van der Waals surface area contributed by atoms with Gasteiger partial charge in [-0.25, -0.2) is 13.2 Å². The highest BCUT2D eigenvalue weighted by molar-refractivity contribution is 5.43. The molecule has 0 aromatic heterocycles. The normalized spacial score (nSPS) is 14.6. The summed E-state index contributed by atoms with van der Waals surface area (Å²) < 4.78 is 82.8. The number of nitrogens with two attached hydrogens (primary N) is 1. The Morgan fingerprint density at radius 1 is 0.870 bits per heavy atom. The zero-order valence-electron chi connectivity index (χ0n) is 11.4. The van der Waals surface area contributed by atoms with Gasteiger partial charge in [0.15, 0.2) is 0 Å². The SMILES string of the molecule is Nc1ccc(Oc2cccc(C(F)(C(F)F)C(F)(F)F)c2)cc1. The first-order valence-corrected chi connectivity index (χ1v) is 6.32. The van der Waals surface area contributed by atoms with Crippen molar-refractivity contribution in [2.24, 2.45) is 0 Å². The van der Waals surface area contributed by atoms with Gasteiger partial charge in [-0.15, -0.1) is 0 Å². The van der Waals surface area contributed by atoms with E-state index in [0.29, 0.717) is 17.8 Å². The van der Waals surface area contributed by atoms with Crippen molar-refractivity contribution in [1.29, 1.82) is 0 Å². The van der Waals surface area contributed by atoms with E-state index in [1.165, 1.54) is 30.3 Å². The molecule has 8 heteroatoms. The van der Waals surface area contributed by atoms with Gasteiger partial charge < -0.3 is 10.5 Å². The quantitative estimate of drug-likeness (QED) is 0.627. The molecule has 0 saturated carbocycles. The van der Waals surface area contributed by atoms with Crippen LogP contribution in [0.2, 0.25) is 0 Å². The number of halogens is 6. The Morgan fingerprint density at radius 2 is 1.48 bits per heavy atom. The number of alkyl halides is 6. The van der Waals surface area contributed by atoms with Crippen LogP contribution in [0, 0.1) is 0 Å². The second kappa shape index (κ2) is 6.02. The van der Waals surface area contributed by atoms with E-state index in [1.807, 2.05) is 0 Å². The average molecular weight is 335 g/mol. The van der Waals surface area contributed by atoms with E-state index in [-0.39, 0.29) is 11.5 Å². The third kappa shape index (κ3) is 3.35. The lowest BCUT2D eigenvalue weighted by atomic mass is 9.95. The summed E-state index contributed by atoms with van der Waals surface area (Å²) in [6.07, 6.45) is -10.0. The molecule has 2 nitrogen and oxygen atoms in total. The first-order chi connectivity index (χ1) is 10.6. The highest BCUT2D eigenvalue weighted by atomic mass is 19.4. The summed E-state index contributed by atoms with van der Waals surface area (Å²) in [6, 6.07) is 9.28. The fourth-order valence-electron chi connectivity index (χ4n) is 1.87. The molecule has 0 bridgehead atoms. The molecule has 124 valence electrons. The molecule has 0 aliphatic carbocycles. The number of anilines is 1. The predicted molar refractivity (Wildman–Crippen MR) is 72.2 cm³/mol. The van der Waals surface area contributed by atoms with Crippen LogP contribution in [0.5, 0.6) is 11.5 Å².